The van der Waals surface area contributed by atoms with Crippen molar-refractivity contribution >= 4 is 5.91 Å². The zero-order valence-electron chi connectivity index (χ0n) is 13.4. The van der Waals surface area contributed by atoms with Crippen molar-refractivity contribution in [3.05, 3.63) is 53.7 Å². The first-order valence-corrected chi connectivity index (χ1v) is 8.22. The van der Waals surface area contributed by atoms with Crippen LogP contribution in [0.1, 0.15) is 24.2 Å². The number of hydrogen-bond acceptors (Lipinski definition) is 4. The summed E-state index contributed by atoms with van der Waals surface area (Å²) in [4.78, 5) is 13.9. The van der Waals surface area contributed by atoms with Crippen molar-refractivity contribution in [1.29, 1.82) is 0 Å². The molecule has 0 saturated carbocycles. The molecule has 0 spiro atoms. The second kappa shape index (κ2) is 7.57. The van der Waals surface area contributed by atoms with Crippen LogP contribution in [-0.2, 0) is 17.6 Å². The van der Waals surface area contributed by atoms with Crippen LogP contribution in [0.5, 0.6) is 0 Å². The van der Waals surface area contributed by atoms with Gasteiger partial charge in [-0.05, 0) is 30.4 Å². The number of piperidine rings is 1. The minimum atomic E-state index is -0.632. The first-order chi connectivity index (χ1) is 11.6. The molecule has 0 radical (unpaired) electrons. The zero-order valence-corrected chi connectivity index (χ0v) is 13.4. The van der Waals surface area contributed by atoms with Crippen molar-refractivity contribution in [3.63, 3.8) is 0 Å². The normalized spacial score (nSPS) is 21.0. The Morgan fingerprint density at radius 2 is 2.21 bits per heavy atom. The van der Waals surface area contributed by atoms with E-state index in [9.17, 15) is 14.3 Å². The minimum absolute atomic E-state index is 0.00482. The number of likely N-dealkylation sites (tertiary alicyclic amines) is 1. The lowest BCUT2D eigenvalue weighted by Crippen LogP contribution is -2.47. The number of benzene rings is 1. The number of nitrogens with zero attached hydrogens (tertiary/aromatic N) is 2. The molecule has 24 heavy (non-hydrogen) atoms. The Morgan fingerprint density at radius 3 is 2.92 bits per heavy atom. The highest BCUT2D eigenvalue weighted by Gasteiger charge is 2.30. The highest BCUT2D eigenvalue weighted by atomic mass is 19.1. The molecule has 0 aliphatic carbocycles. The number of carbonyl (C=O) groups excluding carboxylic acids is 1. The Hall–Kier alpha value is -2.21. The fourth-order valence-electron chi connectivity index (χ4n) is 3.15. The molecule has 3 rings (SSSR count). The molecule has 1 N–H and O–H groups in total. The summed E-state index contributed by atoms with van der Waals surface area (Å²) in [5, 5.41) is 14.0. The molecular weight excluding hydrogens is 311 g/mol. The van der Waals surface area contributed by atoms with Gasteiger partial charge in [0, 0.05) is 32.0 Å². The van der Waals surface area contributed by atoms with E-state index in [1.165, 1.54) is 6.07 Å². The number of hydrogen-bond donors (Lipinski definition) is 1. The van der Waals surface area contributed by atoms with Gasteiger partial charge in [-0.25, -0.2) is 4.39 Å². The van der Waals surface area contributed by atoms with E-state index in [0.717, 1.165) is 0 Å². The van der Waals surface area contributed by atoms with Gasteiger partial charge >= 0.3 is 0 Å². The van der Waals surface area contributed by atoms with Gasteiger partial charge in [0.1, 0.15) is 11.6 Å². The molecule has 1 amide bonds. The van der Waals surface area contributed by atoms with Gasteiger partial charge < -0.3 is 14.5 Å². The van der Waals surface area contributed by atoms with Crippen LogP contribution < -0.4 is 0 Å². The molecule has 1 fully saturated rings. The number of β-amino-alcohol motifs (C(OH)–C–C–N with tert-alkyl or cyclic N) is 1. The van der Waals surface area contributed by atoms with Crippen molar-refractivity contribution in [2.24, 2.45) is 5.92 Å². The predicted octanol–water partition coefficient (Wildman–Crippen LogP) is 2.20. The van der Waals surface area contributed by atoms with Crippen LogP contribution in [0.2, 0.25) is 0 Å². The number of rotatable bonds is 5. The van der Waals surface area contributed by atoms with Crippen molar-refractivity contribution in [2.45, 2.75) is 31.8 Å². The molecule has 5 nitrogen and oxygen atoms in total. The van der Waals surface area contributed by atoms with Gasteiger partial charge in [0.2, 0.25) is 5.91 Å². The van der Waals surface area contributed by atoms with E-state index in [2.05, 4.69) is 5.16 Å². The standard InChI is InChI=1S/C18H21FN2O3/c19-16-4-2-1-3-13(16)11-14-8-10-21(12-17(14)22)18(23)6-5-15-7-9-20-24-15/h1-4,7,9,14,17,22H,5-6,8,10-12H2/t14-,17+/m1/s1. The first-order valence-electron chi connectivity index (χ1n) is 8.22. The van der Waals surface area contributed by atoms with Crippen LogP contribution >= 0.6 is 0 Å². The maximum Gasteiger partial charge on any atom is 0.223 e. The summed E-state index contributed by atoms with van der Waals surface area (Å²) in [6, 6.07) is 8.38. The number of aryl methyl sites for hydroxylation is 1. The Kier molecular flexibility index (Phi) is 5.25. The summed E-state index contributed by atoms with van der Waals surface area (Å²) < 4.78 is 18.7. The molecule has 0 bridgehead atoms. The number of halogens is 1. The molecule has 1 aliphatic heterocycles. The van der Waals surface area contributed by atoms with Crippen molar-refractivity contribution < 1.29 is 18.8 Å². The molecule has 1 aliphatic rings. The lowest BCUT2D eigenvalue weighted by molar-refractivity contribution is -0.135. The van der Waals surface area contributed by atoms with E-state index in [0.29, 0.717) is 50.1 Å². The van der Waals surface area contributed by atoms with E-state index < -0.39 is 6.10 Å². The third-order valence-corrected chi connectivity index (χ3v) is 4.59. The second-order valence-electron chi connectivity index (χ2n) is 6.23. The Bertz CT molecular complexity index is 675. The van der Waals surface area contributed by atoms with Gasteiger partial charge in [-0.2, -0.15) is 0 Å². The summed E-state index contributed by atoms with van der Waals surface area (Å²) in [6.07, 6.45) is 2.92. The second-order valence-corrected chi connectivity index (χ2v) is 6.23. The van der Waals surface area contributed by atoms with E-state index >= 15 is 0 Å². The first kappa shape index (κ1) is 16.6. The van der Waals surface area contributed by atoms with Gasteiger partial charge in [-0.1, -0.05) is 23.4 Å². The molecule has 6 heteroatoms. The number of amides is 1. The molecule has 0 unspecified atom stereocenters. The maximum absolute atomic E-state index is 13.8. The molecule has 1 aromatic heterocycles. The summed E-state index contributed by atoms with van der Waals surface area (Å²) in [7, 11) is 0. The summed E-state index contributed by atoms with van der Waals surface area (Å²) >= 11 is 0. The van der Waals surface area contributed by atoms with Crippen molar-refractivity contribution in [2.75, 3.05) is 13.1 Å². The third-order valence-electron chi connectivity index (χ3n) is 4.59. The van der Waals surface area contributed by atoms with Crippen molar-refractivity contribution in [3.8, 4) is 0 Å². The van der Waals surface area contributed by atoms with E-state index in [1.807, 2.05) is 0 Å². The van der Waals surface area contributed by atoms with E-state index in [4.69, 9.17) is 4.52 Å². The van der Waals surface area contributed by atoms with Crippen LogP contribution in [0.15, 0.2) is 41.1 Å². The summed E-state index contributed by atoms with van der Waals surface area (Å²) in [5.74, 6) is 0.406. The lowest BCUT2D eigenvalue weighted by Gasteiger charge is -2.36. The van der Waals surface area contributed by atoms with Crippen molar-refractivity contribution in [1.82, 2.24) is 10.1 Å². The van der Waals surface area contributed by atoms with Gasteiger partial charge in [0.25, 0.3) is 0 Å². The average Bonchev–Trinajstić information content (AvgIpc) is 3.10. The zero-order chi connectivity index (χ0) is 16.9. The van der Waals surface area contributed by atoms with Crippen LogP contribution in [0.3, 0.4) is 0 Å². The molecule has 1 saturated heterocycles. The highest BCUT2D eigenvalue weighted by Crippen LogP contribution is 2.24. The number of aliphatic hydroxyl groups excluding tert-OH is 1. The van der Waals surface area contributed by atoms with E-state index in [1.54, 1.807) is 35.4 Å². The van der Waals surface area contributed by atoms with Crippen LogP contribution in [-0.4, -0.2) is 40.3 Å². The molecule has 128 valence electrons. The third kappa shape index (κ3) is 4.00. The fourth-order valence-corrected chi connectivity index (χ4v) is 3.15. The topological polar surface area (TPSA) is 66.6 Å². The molecule has 2 heterocycles. The van der Waals surface area contributed by atoms with Gasteiger partial charge in [0.05, 0.1) is 12.3 Å². The quantitative estimate of drug-likeness (QED) is 0.911. The maximum atomic E-state index is 13.8. The summed E-state index contributed by atoms with van der Waals surface area (Å²) in [5.41, 5.74) is 0.617. The SMILES string of the molecule is O=C(CCc1ccno1)N1CC[C@H](Cc2ccccc2F)[C@@H](O)C1. The van der Waals surface area contributed by atoms with Gasteiger partial charge in [-0.3, -0.25) is 4.79 Å². The molecule has 2 atom stereocenters. The lowest BCUT2D eigenvalue weighted by atomic mass is 9.87. The van der Waals surface area contributed by atoms with E-state index in [-0.39, 0.29) is 17.6 Å². The fraction of sp³-hybridized carbons (Fsp3) is 0.444. The minimum Gasteiger partial charge on any atom is -0.391 e. The van der Waals surface area contributed by atoms with Crippen LogP contribution in [0.25, 0.3) is 0 Å². The molecular formula is C18H21FN2O3. The summed E-state index contributed by atoms with van der Waals surface area (Å²) in [6.45, 7) is 0.889. The molecule has 2 aromatic rings. The Balaban J connectivity index is 1.51. The van der Waals surface area contributed by atoms with Crippen LogP contribution in [0, 0.1) is 11.7 Å². The monoisotopic (exact) mass is 332 g/mol. The average molecular weight is 332 g/mol. The largest absolute Gasteiger partial charge is 0.391 e. The number of carbonyl (C=O) groups is 1. The van der Waals surface area contributed by atoms with Gasteiger partial charge in [0.15, 0.2) is 0 Å². The number of aliphatic hydroxyl groups is 1. The number of aromatic nitrogens is 1. The Labute approximate surface area is 140 Å². The predicted molar refractivity (Wildman–Crippen MR) is 85.6 cm³/mol. The Morgan fingerprint density at radius 1 is 1.38 bits per heavy atom. The van der Waals surface area contributed by atoms with Gasteiger partial charge in [-0.15, -0.1) is 0 Å². The molecule has 1 aromatic carbocycles. The highest BCUT2D eigenvalue weighted by molar-refractivity contribution is 5.76. The smallest absolute Gasteiger partial charge is 0.223 e. The van der Waals surface area contributed by atoms with Crippen LogP contribution in [0.4, 0.5) is 4.39 Å².